The van der Waals surface area contributed by atoms with Crippen LogP contribution in [0.1, 0.15) is 24.8 Å². The molecule has 1 N–H and O–H groups in total. The maximum absolute atomic E-state index is 10.9. The first-order chi connectivity index (χ1) is 11.7. The predicted octanol–water partition coefficient (Wildman–Crippen LogP) is 1.84. The molecule has 0 saturated carbocycles. The van der Waals surface area contributed by atoms with E-state index in [0.29, 0.717) is 12.6 Å². The lowest BCUT2D eigenvalue weighted by atomic mass is 10.2. The Labute approximate surface area is 142 Å². The van der Waals surface area contributed by atoms with Crippen molar-refractivity contribution in [3.63, 3.8) is 0 Å². The summed E-state index contributed by atoms with van der Waals surface area (Å²) in [6, 6.07) is 7.36. The molecule has 2 heterocycles. The van der Waals surface area contributed by atoms with E-state index in [-0.39, 0.29) is 10.6 Å². The van der Waals surface area contributed by atoms with Gasteiger partial charge in [0.15, 0.2) is 5.96 Å². The minimum absolute atomic E-state index is 0.125. The summed E-state index contributed by atoms with van der Waals surface area (Å²) in [6.07, 6.45) is 3.81. The molecule has 0 amide bonds. The second-order valence-corrected chi connectivity index (χ2v) is 6.46. The lowest BCUT2D eigenvalue weighted by Crippen LogP contribution is -2.42. The highest BCUT2D eigenvalue weighted by molar-refractivity contribution is 5.80. The fourth-order valence-electron chi connectivity index (χ4n) is 3.63. The lowest BCUT2D eigenvalue weighted by Gasteiger charge is -2.25. The number of nitrogens with one attached hydrogen (secondary N) is 1. The Hall–Kier alpha value is -2.15. The number of benzene rings is 1. The van der Waals surface area contributed by atoms with Crippen molar-refractivity contribution >= 4 is 11.6 Å². The van der Waals surface area contributed by atoms with Crippen molar-refractivity contribution in [1.29, 1.82) is 0 Å². The zero-order valence-electron chi connectivity index (χ0n) is 14.1. The van der Waals surface area contributed by atoms with E-state index in [2.05, 4.69) is 20.1 Å². The summed E-state index contributed by atoms with van der Waals surface area (Å²) in [4.78, 5) is 19.8. The summed E-state index contributed by atoms with van der Waals surface area (Å²) >= 11 is 0. The molecule has 0 spiro atoms. The third kappa shape index (κ3) is 3.84. The van der Waals surface area contributed by atoms with E-state index in [9.17, 15) is 10.1 Å². The van der Waals surface area contributed by atoms with Gasteiger partial charge in [0, 0.05) is 44.9 Å². The fourth-order valence-corrected chi connectivity index (χ4v) is 3.63. The van der Waals surface area contributed by atoms with Crippen LogP contribution in [0.4, 0.5) is 5.69 Å². The quantitative estimate of drug-likeness (QED) is 0.394. The van der Waals surface area contributed by atoms with E-state index in [1.54, 1.807) is 19.2 Å². The van der Waals surface area contributed by atoms with Crippen LogP contribution in [0.3, 0.4) is 0 Å². The molecule has 2 saturated heterocycles. The summed E-state index contributed by atoms with van der Waals surface area (Å²) in [5.41, 5.74) is 1.01. The first-order valence-corrected chi connectivity index (χ1v) is 8.60. The maximum atomic E-state index is 10.9. The van der Waals surface area contributed by atoms with Gasteiger partial charge in [-0.15, -0.1) is 0 Å². The predicted molar refractivity (Wildman–Crippen MR) is 94.1 cm³/mol. The Kier molecular flexibility index (Phi) is 5.30. The minimum Gasteiger partial charge on any atom is -0.352 e. The number of hydrogen-bond donors (Lipinski definition) is 1. The monoisotopic (exact) mass is 331 g/mol. The third-order valence-electron chi connectivity index (χ3n) is 4.90. The Morgan fingerprint density at radius 3 is 2.88 bits per heavy atom. The highest BCUT2D eigenvalue weighted by Gasteiger charge is 2.30. The van der Waals surface area contributed by atoms with Gasteiger partial charge >= 0.3 is 0 Å². The summed E-state index contributed by atoms with van der Waals surface area (Å²) in [5.74, 6) is 0.878. The van der Waals surface area contributed by atoms with Crippen LogP contribution in [0.15, 0.2) is 29.3 Å². The average Bonchev–Trinajstić information content (AvgIpc) is 3.27. The van der Waals surface area contributed by atoms with Gasteiger partial charge in [0.05, 0.1) is 4.92 Å². The largest absolute Gasteiger partial charge is 0.352 e. The Balaban J connectivity index is 1.55. The van der Waals surface area contributed by atoms with Crippen LogP contribution in [0, 0.1) is 10.1 Å². The Morgan fingerprint density at radius 1 is 1.38 bits per heavy atom. The number of likely N-dealkylation sites (tertiary alicyclic amines) is 2. The van der Waals surface area contributed by atoms with E-state index in [1.165, 1.54) is 38.4 Å². The van der Waals surface area contributed by atoms with Gasteiger partial charge in [0.2, 0.25) is 0 Å². The Bertz CT molecular complexity index is 613. The molecule has 0 bridgehead atoms. The summed E-state index contributed by atoms with van der Waals surface area (Å²) in [7, 11) is 1.79. The summed E-state index contributed by atoms with van der Waals surface area (Å²) < 4.78 is 0. The second-order valence-electron chi connectivity index (χ2n) is 6.46. The number of guanidine groups is 1. The van der Waals surface area contributed by atoms with Crippen LogP contribution in [-0.2, 0) is 6.54 Å². The second kappa shape index (κ2) is 7.61. The summed E-state index contributed by atoms with van der Waals surface area (Å²) in [5, 5.41) is 14.2. The zero-order valence-corrected chi connectivity index (χ0v) is 14.1. The van der Waals surface area contributed by atoms with Crippen molar-refractivity contribution in [2.75, 3.05) is 33.2 Å². The van der Waals surface area contributed by atoms with Gasteiger partial charge in [-0.1, -0.05) is 12.1 Å². The van der Waals surface area contributed by atoms with Gasteiger partial charge < -0.3 is 10.2 Å². The average molecular weight is 331 g/mol. The third-order valence-corrected chi connectivity index (χ3v) is 4.90. The number of nitro benzene ring substituents is 1. The molecule has 0 aliphatic carbocycles. The molecule has 1 unspecified atom stereocenters. The number of hydrogen-bond acceptors (Lipinski definition) is 4. The van der Waals surface area contributed by atoms with Gasteiger partial charge in [0.1, 0.15) is 0 Å². The van der Waals surface area contributed by atoms with Crippen molar-refractivity contribution in [3.8, 4) is 0 Å². The van der Waals surface area contributed by atoms with E-state index in [0.717, 1.165) is 24.6 Å². The number of nitrogens with zero attached hydrogens (tertiary/aromatic N) is 4. The molecular formula is C17H25N5O2. The molecule has 7 heteroatoms. The van der Waals surface area contributed by atoms with Gasteiger partial charge in [-0.3, -0.25) is 20.0 Å². The van der Waals surface area contributed by atoms with Crippen LogP contribution < -0.4 is 5.32 Å². The number of aliphatic imine (C=N–C) groups is 1. The van der Waals surface area contributed by atoms with Crippen LogP contribution in [0.5, 0.6) is 0 Å². The molecule has 0 radical (unpaired) electrons. The SMILES string of the molecule is CN=C(NCc1cccc([N+](=O)[O-])c1)N1CCC(N2CCCC2)C1. The van der Waals surface area contributed by atoms with E-state index >= 15 is 0 Å². The summed E-state index contributed by atoms with van der Waals surface area (Å²) in [6.45, 7) is 5.00. The zero-order chi connectivity index (χ0) is 16.9. The van der Waals surface area contributed by atoms with Crippen molar-refractivity contribution in [2.45, 2.75) is 31.8 Å². The highest BCUT2D eigenvalue weighted by Crippen LogP contribution is 2.20. The topological polar surface area (TPSA) is 74.0 Å². The number of non-ortho nitro benzene ring substituents is 1. The molecule has 3 rings (SSSR count). The Morgan fingerprint density at radius 2 is 2.17 bits per heavy atom. The molecule has 1 atom stereocenters. The van der Waals surface area contributed by atoms with Gasteiger partial charge in [-0.05, 0) is 37.9 Å². The number of rotatable bonds is 4. The molecule has 130 valence electrons. The molecule has 2 aliphatic heterocycles. The van der Waals surface area contributed by atoms with E-state index in [1.807, 2.05) is 6.07 Å². The lowest BCUT2D eigenvalue weighted by molar-refractivity contribution is -0.384. The first kappa shape index (κ1) is 16.7. The molecule has 0 aromatic heterocycles. The molecule has 2 fully saturated rings. The van der Waals surface area contributed by atoms with E-state index in [4.69, 9.17) is 0 Å². The van der Waals surface area contributed by atoms with Crippen molar-refractivity contribution < 1.29 is 4.92 Å². The molecule has 24 heavy (non-hydrogen) atoms. The number of nitro groups is 1. The van der Waals surface area contributed by atoms with Gasteiger partial charge in [0.25, 0.3) is 5.69 Å². The van der Waals surface area contributed by atoms with Crippen LogP contribution >= 0.6 is 0 Å². The van der Waals surface area contributed by atoms with Crippen molar-refractivity contribution in [1.82, 2.24) is 15.1 Å². The molecule has 1 aromatic carbocycles. The molecule has 7 nitrogen and oxygen atoms in total. The normalized spacial score (nSPS) is 22.1. The molecular weight excluding hydrogens is 306 g/mol. The van der Waals surface area contributed by atoms with Gasteiger partial charge in [-0.2, -0.15) is 0 Å². The van der Waals surface area contributed by atoms with Crippen LogP contribution in [0.25, 0.3) is 0 Å². The van der Waals surface area contributed by atoms with Crippen LogP contribution in [-0.4, -0.2) is 60.0 Å². The maximum Gasteiger partial charge on any atom is 0.269 e. The van der Waals surface area contributed by atoms with E-state index < -0.39 is 0 Å². The minimum atomic E-state index is -0.362. The van der Waals surface area contributed by atoms with Crippen molar-refractivity contribution in [3.05, 3.63) is 39.9 Å². The fraction of sp³-hybridized carbons (Fsp3) is 0.588. The first-order valence-electron chi connectivity index (χ1n) is 8.60. The molecule has 2 aliphatic rings. The standard InChI is InChI=1S/C17H25N5O2/c1-18-17(19-12-14-5-4-6-15(11-14)22(23)24)21-10-7-16(13-21)20-8-2-3-9-20/h4-6,11,16H,2-3,7-10,12-13H2,1H3,(H,18,19). The highest BCUT2D eigenvalue weighted by atomic mass is 16.6. The van der Waals surface area contributed by atoms with Crippen molar-refractivity contribution in [2.24, 2.45) is 4.99 Å². The van der Waals surface area contributed by atoms with Crippen LogP contribution in [0.2, 0.25) is 0 Å². The smallest absolute Gasteiger partial charge is 0.269 e. The molecule has 1 aromatic rings. The van der Waals surface area contributed by atoms with Gasteiger partial charge in [-0.25, -0.2) is 0 Å².